The summed E-state index contributed by atoms with van der Waals surface area (Å²) >= 11 is 0. The summed E-state index contributed by atoms with van der Waals surface area (Å²) in [4.78, 5) is 13.4. The molecule has 0 atom stereocenters. The van der Waals surface area contributed by atoms with Gasteiger partial charge >= 0.3 is 0 Å². The van der Waals surface area contributed by atoms with E-state index < -0.39 is 5.41 Å². The fourth-order valence-electron chi connectivity index (χ4n) is 3.35. The number of fused-ring (bicyclic) bond motifs is 1. The molecular formula is C22H22N6. The van der Waals surface area contributed by atoms with Gasteiger partial charge in [0.1, 0.15) is 17.1 Å². The average molecular weight is 370 g/mol. The predicted molar refractivity (Wildman–Crippen MR) is 112 cm³/mol. The number of aliphatic imine (C=N–C) groups is 1. The highest BCUT2D eigenvalue weighted by Crippen LogP contribution is 2.45. The minimum absolute atomic E-state index is 0.415. The van der Waals surface area contributed by atoms with Gasteiger partial charge in [-0.1, -0.05) is 12.2 Å². The van der Waals surface area contributed by atoms with Crippen LogP contribution in [0, 0.1) is 23.7 Å². The molecule has 6 heteroatoms. The zero-order chi connectivity index (χ0) is 19.7. The van der Waals surface area contributed by atoms with Gasteiger partial charge in [-0.3, -0.25) is 4.98 Å². The third-order valence-electron chi connectivity index (χ3n) is 5.33. The van der Waals surface area contributed by atoms with E-state index in [1.54, 1.807) is 12.4 Å². The fraction of sp³-hybridized carbons (Fsp3) is 0.273. The van der Waals surface area contributed by atoms with E-state index in [1.807, 2.05) is 31.2 Å². The summed E-state index contributed by atoms with van der Waals surface area (Å²) in [5, 5.41) is 9.37. The predicted octanol–water partition coefficient (Wildman–Crippen LogP) is 3.84. The molecule has 140 valence electrons. The third kappa shape index (κ3) is 3.27. The first-order valence-corrected chi connectivity index (χ1v) is 9.37. The van der Waals surface area contributed by atoms with Gasteiger partial charge < -0.3 is 11.5 Å². The number of pyridine rings is 2. The molecule has 28 heavy (non-hydrogen) atoms. The van der Waals surface area contributed by atoms with E-state index in [4.69, 9.17) is 11.5 Å². The highest BCUT2D eigenvalue weighted by atomic mass is 14.9. The SMILES string of the molecule is Cc1ccncc1-c1cc2c(c(N)n1)/C=C\CCC(N=C(N)C1(C#N)CC1)=C2. The Morgan fingerprint density at radius 1 is 1.36 bits per heavy atom. The number of hydrogen-bond acceptors (Lipinski definition) is 5. The number of rotatable bonds is 3. The minimum Gasteiger partial charge on any atom is -0.386 e. The molecule has 0 bridgehead atoms. The number of nitrogen functional groups attached to an aromatic ring is 1. The highest BCUT2D eigenvalue weighted by Gasteiger charge is 2.47. The summed E-state index contributed by atoms with van der Waals surface area (Å²) in [6.45, 7) is 2.02. The van der Waals surface area contributed by atoms with Crippen molar-refractivity contribution in [3.8, 4) is 17.3 Å². The fourth-order valence-corrected chi connectivity index (χ4v) is 3.35. The average Bonchev–Trinajstić information content (AvgIpc) is 3.46. The minimum atomic E-state index is -0.572. The second-order valence-corrected chi connectivity index (χ2v) is 7.35. The van der Waals surface area contributed by atoms with Gasteiger partial charge in [-0.25, -0.2) is 9.98 Å². The number of nitrogens with zero attached hydrogens (tertiary/aromatic N) is 4. The lowest BCUT2D eigenvalue weighted by atomic mass is 9.99. The van der Waals surface area contributed by atoms with Crippen LogP contribution in [0.5, 0.6) is 0 Å². The van der Waals surface area contributed by atoms with Crippen molar-refractivity contribution in [2.45, 2.75) is 32.6 Å². The molecule has 2 aromatic heterocycles. The van der Waals surface area contributed by atoms with Crippen LogP contribution in [-0.4, -0.2) is 15.8 Å². The van der Waals surface area contributed by atoms with Crippen LogP contribution in [0.2, 0.25) is 0 Å². The van der Waals surface area contributed by atoms with E-state index in [2.05, 4.69) is 27.1 Å². The molecule has 2 aliphatic carbocycles. The van der Waals surface area contributed by atoms with E-state index in [1.165, 1.54) is 0 Å². The summed E-state index contributed by atoms with van der Waals surface area (Å²) < 4.78 is 0. The van der Waals surface area contributed by atoms with E-state index in [-0.39, 0.29) is 0 Å². The molecule has 0 aliphatic heterocycles. The summed E-state index contributed by atoms with van der Waals surface area (Å²) in [5.41, 5.74) is 17.3. The maximum atomic E-state index is 9.37. The van der Waals surface area contributed by atoms with E-state index in [0.717, 1.165) is 59.3 Å². The van der Waals surface area contributed by atoms with Crippen LogP contribution in [0.4, 0.5) is 5.82 Å². The summed E-state index contributed by atoms with van der Waals surface area (Å²) in [6, 6.07) is 6.26. The first-order valence-electron chi connectivity index (χ1n) is 9.37. The Morgan fingerprint density at radius 3 is 2.89 bits per heavy atom. The van der Waals surface area contributed by atoms with Gasteiger partial charge in [0.25, 0.3) is 0 Å². The first kappa shape index (κ1) is 17.9. The molecule has 2 heterocycles. The molecule has 4 rings (SSSR count). The monoisotopic (exact) mass is 370 g/mol. The van der Waals surface area contributed by atoms with Gasteiger partial charge in [-0.15, -0.1) is 0 Å². The number of aromatic nitrogens is 2. The highest BCUT2D eigenvalue weighted by molar-refractivity contribution is 5.93. The number of aryl methyl sites for hydroxylation is 1. The van der Waals surface area contributed by atoms with Crippen molar-refractivity contribution in [2.75, 3.05) is 5.73 Å². The van der Waals surface area contributed by atoms with Crippen LogP contribution in [0.1, 0.15) is 42.4 Å². The third-order valence-corrected chi connectivity index (χ3v) is 5.33. The molecule has 1 saturated carbocycles. The summed E-state index contributed by atoms with van der Waals surface area (Å²) in [6.07, 6.45) is 12.8. The van der Waals surface area contributed by atoms with Gasteiger partial charge in [0.15, 0.2) is 0 Å². The molecule has 0 unspecified atom stereocenters. The molecule has 0 aromatic carbocycles. The van der Waals surface area contributed by atoms with Crippen LogP contribution in [0.25, 0.3) is 23.4 Å². The van der Waals surface area contributed by atoms with Crippen LogP contribution >= 0.6 is 0 Å². The molecular weight excluding hydrogens is 348 g/mol. The van der Waals surface area contributed by atoms with Crippen molar-refractivity contribution in [1.29, 1.82) is 5.26 Å². The van der Waals surface area contributed by atoms with E-state index >= 15 is 0 Å². The molecule has 1 fully saturated rings. The Bertz CT molecular complexity index is 1070. The molecule has 0 radical (unpaired) electrons. The lowest BCUT2D eigenvalue weighted by Gasteiger charge is -2.14. The smallest absolute Gasteiger partial charge is 0.131 e. The van der Waals surface area contributed by atoms with Gasteiger partial charge in [0.2, 0.25) is 0 Å². The maximum Gasteiger partial charge on any atom is 0.131 e. The van der Waals surface area contributed by atoms with Crippen molar-refractivity contribution >= 4 is 23.8 Å². The van der Waals surface area contributed by atoms with Crippen molar-refractivity contribution in [3.63, 3.8) is 0 Å². The van der Waals surface area contributed by atoms with Crippen molar-refractivity contribution in [2.24, 2.45) is 16.1 Å². The Kier molecular flexibility index (Phi) is 4.44. The van der Waals surface area contributed by atoms with Gasteiger partial charge in [0.05, 0.1) is 11.8 Å². The molecule has 0 amide bonds. The summed E-state index contributed by atoms with van der Waals surface area (Å²) in [7, 11) is 0. The largest absolute Gasteiger partial charge is 0.386 e. The number of allylic oxidation sites excluding steroid dienone is 2. The van der Waals surface area contributed by atoms with Gasteiger partial charge in [-0.2, -0.15) is 5.26 Å². The van der Waals surface area contributed by atoms with Crippen molar-refractivity contribution in [3.05, 3.63) is 53.0 Å². The standard InChI is InChI=1S/C22H22N6/c1-14-6-9-26-12-18(14)19-11-15-10-16(27-21(25)22(13-23)7-8-22)4-2-3-5-17(15)20(24)28-19/h3,5-6,9-12H,2,4,7-8H2,1H3,(H2,24,28)(H2,25,27)/b5-3-,16-10?. The Morgan fingerprint density at radius 2 is 2.18 bits per heavy atom. The Labute approximate surface area is 164 Å². The molecule has 0 saturated heterocycles. The van der Waals surface area contributed by atoms with Crippen LogP contribution in [0.3, 0.4) is 0 Å². The molecule has 0 spiro atoms. The first-order chi connectivity index (χ1) is 13.5. The molecule has 4 N–H and O–H groups in total. The quantitative estimate of drug-likeness (QED) is 0.629. The maximum absolute atomic E-state index is 9.37. The second kappa shape index (κ2) is 6.93. The number of nitrogens with two attached hydrogens (primary N) is 2. The summed E-state index contributed by atoms with van der Waals surface area (Å²) in [5.74, 6) is 0.884. The van der Waals surface area contributed by atoms with Crippen LogP contribution in [-0.2, 0) is 0 Å². The zero-order valence-corrected chi connectivity index (χ0v) is 15.8. The topological polar surface area (TPSA) is 114 Å². The molecule has 6 nitrogen and oxygen atoms in total. The molecule has 2 aliphatic rings. The van der Waals surface area contributed by atoms with E-state index in [0.29, 0.717) is 11.7 Å². The lowest BCUT2D eigenvalue weighted by Crippen LogP contribution is -2.24. The molecule has 2 aromatic rings. The number of hydrogen-bond donors (Lipinski definition) is 2. The number of nitriles is 1. The van der Waals surface area contributed by atoms with E-state index in [9.17, 15) is 5.26 Å². The van der Waals surface area contributed by atoms with Gasteiger partial charge in [0, 0.05) is 29.2 Å². The second-order valence-electron chi connectivity index (χ2n) is 7.35. The van der Waals surface area contributed by atoms with Crippen molar-refractivity contribution < 1.29 is 0 Å². The lowest BCUT2D eigenvalue weighted by molar-refractivity contribution is 0.897. The van der Waals surface area contributed by atoms with Gasteiger partial charge in [-0.05, 0) is 61.9 Å². The van der Waals surface area contributed by atoms with Crippen LogP contribution < -0.4 is 11.5 Å². The number of amidine groups is 1. The number of anilines is 1. The normalized spacial score (nSPS) is 18.9. The van der Waals surface area contributed by atoms with Crippen LogP contribution in [0.15, 0.2) is 41.3 Å². The Hall–Kier alpha value is -3.46. The Balaban J connectivity index is 1.82. The van der Waals surface area contributed by atoms with Crippen molar-refractivity contribution in [1.82, 2.24) is 9.97 Å². The zero-order valence-electron chi connectivity index (χ0n) is 15.8.